The van der Waals surface area contributed by atoms with E-state index in [0.29, 0.717) is 23.6 Å². The van der Waals surface area contributed by atoms with Crippen molar-refractivity contribution in [3.05, 3.63) is 54.1 Å². The van der Waals surface area contributed by atoms with Crippen LogP contribution in [0.3, 0.4) is 0 Å². The number of halogens is 3. The van der Waals surface area contributed by atoms with E-state index in [1.807, 2.05) is 45.0 Å². The Bertz CT molecular complexity index is 1200. The summed E-state index contributed by atoms with van der Waals surface area (Å²) in [7, 11) is 0. The highest BCUT2D eigenvalue weighted by Gasteiger charge is 2.49. The number of hydrogen-bond donors (Lipinski definition) is 2. The van der Waals surface area contributed by atoms with E-state index in [2.05, 4.69) is 15.5 Å². The Morgan fingerprint density at radius 3 is 2.15 bits per heavy atom. The van der Waals surface area contributed by atoms with E-state index in [9.17, 15) is 23.1 Å². The molecule has 1 saturated carbocycles. The van der Waals surface area contributed by atoms with Crippen LogP contribution in [0.4, 0.5) is 23.8 Å². The summed E-state index contributed by atoms with van der Waals surface area (Å²) < 4.78 is 38.8. The van der Waals surface area contributed by atoms with E-state index in [0.717, 1.165) is 42.2 Å². The molecule has 180 valence electrons. The topological polar surface area (TPSA) is 78.4 Å². The van der Waals surface area contributed by atoms with E-state index in [-0.39, 0.29) is 0 Å². The Morgan fingerprint density at radius 1 is 1.03 bits per heavy atom. The predicted molar refractivity (Wildman–Crippen MR) is 125 cm³/mol. The minimum absolute atomic E-state index is 0.384. The van der Waals surface area contributed by atoms with Crippen LogP contribution in [0.2, 0.25) is 0 Å². The molecular formula is C25H27F3N4O2. The van der Waals surface area contributed by atoms with Crippen molar-refractivity contribution >= 4 is 22.7 Å². The van der Waals surface area contributed by atoms with Crippen molar-refractivity contribution in [3.8, 4) is 11.3 Å². The number of aromatic nitrogens is 2. The number of fused-ring (bicyclic) bond motifs is 1. The van der Waals surface area contributed by atoms with Crippen molar-refractivity contribution in [2.24, 2.45) is 0 Å². The lowest BCUT2D eigenvalue weighted by molar-refractivity contribution is -0.137. The Balaban J connectivity index is 1.66. The summed E-state index contributed by atoms with van der Waals surface area (Å²) in [6.07, 6.45) is -2.92. The molecule has 1 fully saturated rings. The van der Waals surface area contributed by atoms with E-state index < -0.39 is 28.9 Å². The molecule has 1 aliphatic carbocycles. The van der Waals surface area contributed by atoms with Crippen LogP contribution in [0.5, 0.6) is 0 Å². The molecule has 1 amide bonds. The summed E-state index contributed by atoms with van der Waals surface area (Å²) in [5.41, 5.74) is -0.814. The first-order valence-corrected chi connectivity index (χ1v) is 11.1. The van der Waals surface area contributed by atoms with Gasteiger partial charge in [0.1, 0.15) is 5.69 Å². The molecule has 0 bridgehead atoms. The third-order valence-electron chi connectivity index (χ3n) is 6.38. The van der Waals surface area contributed by atoms with Gasteiger partial charge in [0.15, 0.2) is 5.82 Å². The molecule has 0 saturated heterocycles. The van der Waals surface area contributed by atoms with Gasteiger partial charge in [-0.25, -0.2) is 4.79 Å². The first kappa shape index (κ1) is 23.8. The van der Waals surface area contributed by atoms with Gasteiger partial charge < -0.3 is 10.4 Å². The predicted octanol–water partition coefficient (Wildman–Crippen LogP) is 6.43. The number of nitrogens with one attached hydrogen (secondary N) is 1. The van der Waals surface area contributed by atoms with Crippen LogP contribution in [0.1, 0.15) is 45.6 Å². The number of benzene rings is 2. The molecule has 1 aliphatic rings. The molecular weight excluding hydrogens is 445 g/mol. The molecule has 0 aliphatic heterocycles. The van der Waals surface area contributed by atoms with Gasteiger partial charge in [0.05, 0.1) is 11.1 Å². The van der Waals surface area contributed by atoms with Gasteiger partial charge in [-0.05, 0) is 52.2 Å². The highest BCUT2D eigenvalue weighted by atomic mass is 19.4. The van der Waals surface area contributed by atoms with E-state index in [1.54, 1.807) is 0 Å². The lowest BCUT2D eigenvalue weighted by atomic mass is 9.73. The smallest absolute Gasteiger partial charge is 0.416 e. The van der Waals surface area contributed by atoms with Crippen LogP contribution in [0.15, 0.2) is 48.5 Å². The molecule has 0 radical (unpaired) electrons. The van der Waals surface area contributed by atoms with Gasteiger partial charge in [-0.2, -0.15) is 13.2 Å². The monoisotopic (exact) mass is 472 g/mol. The van der Waals surface area contributed by atoms with Crippen molar-refractivity contribution < 1.29 is 23.1 Å². The SMILES string of the molecule is CC(C)(C)N(C(=O)O)C1(CNc2nnc(-c3ccc(C(F)(F)F)cc3)c3ccccc23)CCC1. The zero-order valence-corrected chi connectivity index (χ0v) is 19.3. The summed E-state index contributed by atoms with van der Waals surface area (Å²) in [4.78, 5) is 13.6. The Hall–Kier alpha value is -3.36. The standard InChI is InChI=1S/C25H27F3N4O2/c1-23(2,3)32(22(33)34)24(13-6-14-24)15-29-21-19-8-5-4-7-18(19)20(30-31-21)16-9-11-17(12-10-16)25(26,27)28/h4-5,7-12H,6,13-15H2,1-3H3,(H,29,31)(H,33,34). The van der Waals surface area contributed by atoms with Crippen LogP contribution >= 0.6 is 0 Å². The molecule has 0 unspecified atom stereocenters. The van der Waals surface area contributed by atoms with Crippen LogP contribution in [0.25, 0.3) is 22.0 Å². The van der Waals surface area contributed by atoms with Gasteiger partial charge in [-0.3, -0.25) is 4.90 Å². The van der Waals surface area contributed by atoms with Crippen LogP contribution in [-0.4, -0.2) is 43.9 Å². The largest absolute Gasteiger partial charge is 0.465 e. The fourth-order valence-electron chi connectivity index (χ4n) is 4.78. The second kappa shape index (κ2) is 8.45. The third kappa shape index (κ3) is 4.38. The minimum atomic E-state index is -4.41. The molecule has 2 aromatic carbocycles. The lowest BCUT2D eigenvalue weighted by Gasteiger charge is -2.54. The Kier molecular flexibility index (Phi) is 5.91. The van der Waals surface area contributed by atoms with E-state index >= 15 is 0 Å². The van der Waals surface area contributed by atoms with Crippen molar-refractivity contribution in [1.29, 1.82) is 0 Å². The van der Waals surface area contributed by atoms with Crippen molar-refractivity contribution in [1.82, 2.24) is 15.1 Å². The molecule has 9 heteroatoms. The maximum absolute atomic E-state index is 12.9. The van der Waals surface area contributed by atoms with Gasteiger partial charge in [-0.1, -0.05) is 36.4 Å². The molecule has 4 rings (SSSR count). The number of carbonyl (C=O) groups is 1. The average Bonchev–Trinajstić information content (AvgIpc) is 2.73. The Morgan fingerprint density at radius 2 is 1.65 bits per heavy atom. The molecule has 0 spiro atoms. The highest BCUT2D eigenvalue weighted by molar-refractivity contribution is 6.00. The number of rotatable bonds is 5. The Labute approximate surface area is 195 Å². The number of nitrogens with zero attached hydrogens (tertiary/aromatic N) is 3. The van der Waals surface area contributed by atoms with Crippen LogP contribution in [-0.2, 0) is 6.18 Å². The zero-order valence-electron chi connectivity index (χ0n) is 19.3. The number of amides is 1. The third-order valence-corrected chi connectivity index (χ3v) is 6.38. The van der Waals surface area contributed by atoms with Crippen LogP contribution in [0, 0.1) is 0 Å². The number of anilines is 1. The van der Waals surface area contributed by atoms with E-state index in [4.69, 9.17) is 0 Å². The van der Waals surface area contributed by atoms with Gasteiger partial charge in [0.25, 0.3) is 0 Å². The first-order chi connectivity index (χ1) is 15.9. The first-order valence-electron chi connectivity index (χ1n) is 11.1. The van der Waals surface area contributed by atoms with E-state index in [1.165, 1.54) is 17.0 Å². The van der Waals surface area contributed by atoms with Gasteiger partial charge in [-0.15, -0.1) is 10.2 Å². The molecule has 1 aromatic heterocycles. The van der Waals surface area contributed by atoms with Gasteiger partial charge >= 0.3 is 12.3 Å². The van der Waals surface area contributed by atoms with Gasteiger partial charge in [0, 0.05) is 28.4 Å². The quantitative estimate of drug-likeness (QED) is 0.447. The average molecular weight is 473 g/mol. The molecule has 3 aromatic rings. The summed E-state index contributed by atoms with van der Waals surface area (Å²) in [5.74, 6) is 0.511. The van der Waals surface area contributed by atoms with Crippen molar-refractivity contribution in [3.63, 3.8) is 0 Å². The summed E-state index contributed by atoms with van der Waals surface area (Å²) in [6.45, 7) is 6.04. The maximum Gasteiger partial charge on any atom is 0.416 e. The second-order valence-corrected chi connectivity index (χ2v) is 9.74. The number of carboxylic acid groups (broad SMARTS) is 1. The van der Waals surface area contributed by atoms with Gasteiger partial charge in [0.2, 0.25) is 0 Å². The lowest BCUT2D eigenvalue weighted by Crippen LogP contribution is -2.65. The van der Waals surface area contributed by atoms with Crippen LogP contribution < -0.4 is 5.32 Å². The number of hydrogen-bond acceptors (Lipinski definition) is 4. The summed E-state index contributed by atoms with van der Waals surface area (Å²) in [5, 5.41) is 23.4. The molecule has 34 heavy (non-hydrogen) atoms. The summed E-state index contributed by atoms with van der Waals surface area (Å²) in [6, 6.07) is 12.3. The fraction of sp³-hybridized carbons (Fsp3) is 0.400. The van der Waals surface area contributed by atoms with Crippen molar-refractivity contribution in [2.45, 2.75) is 57.3 Å². The molecule has 1 heterocycles. The number of alkyl halides is 3. The molecule has 6 nitrogen and oxygen atoms in total. The normalized spacial score (nSPS) is 15.6. The summed E-state index contributed by atoms with van der Waals surface area (Å²) >= 11 is 0. The highest BCUT2D eigenvalue weighted by Crippen LogP contribution is 2.42. The zero-order chi connectivity index (χ0) is 24.7. The second-order valence-electron chi connectivity index (χ2n) is 9.74. The minimum Gasteiger partial charge on any atom is -0.465 e. The molecule has 0 atom stereocenters. The van der Waals surface area contributed by atoms with Crippen molar-refractivity contribution in [2.75, 3.05) is 11.9 Å². The molecule has 2 N–H and O–H groups in total. The maximum atomic E-state index is 12.9. The fourth-order valence-corrected chi connectivity index (χ4v) is 4.78.